The van der Waals surface area contributed by atoms with Crippen LogP contribution in [0.5, 0.6) is 0 Å². The molecule has 4 rings (SSSR count). The first-order valence-corrected chi connectivity index (χ1v) is 10.1. The van der Waals surface area contributed by atoms with Gasteiger partial charge in [0.1, 0.15) is 5.76 Å². The van der Waals surface area contributed by atoms with Crippen molar-refractivity contribution in [3.05, 3.63) is 46.8 Å². The molecular weight excluding hydrogens is 354 g/mol. The lowest BCUT2D eigenvalue weighted by atomic mass is 9.73. The smallest absolute Gasteiger partial charge is 0.237 e. The van der Waals surface area contributed by atoms with E-state index in [1.165, 1.54) is 0 Å². The molecule has 28 heavy (non-hydrogen) atoms. The lowest BCUT2D eigenvalue weighted by molar-refractivity contribution is -0.133. The summed E-state index contributed by atoms with van der Waals surface area (Å²) in [4.78, 5) is 28.2. The highest BCUT2D eigenvalue weighted by Crippen LogP contribution is 2.49. The Morgan fingerprint density at radius 1 is 1.36 bits per heavy atom. The zero-order valence-electron chi connectivity index (χ0n) is 16.7. The molecule has 2 amide bonds. The minimum absolute atomic E-state index is 0.0353. The molecule has 0 aliphatic carbocycles. The summed E-state index contributed by atoms with van der Waals surface area (Å²) in [6, 6.07) is 7.80. The zero-order valence-corrected chi connectivity index (χ0v) is 16.7. The van der Waals surface area contributed by atoms with E-state index in [0.717, 1.165) is 41.1 Å². The number of nitrogens with zero attached hydrogens (tertiary/aromatic N) is 2. The summed E-state index contributed by atoms with van der Waals surface area (Å²) in [6.45, 7) is 6.51. The Morgan fingerprint density at radius 3 is 2.86 bits per heavy atom. The highest BCUT2D eigenvalue weighted by molar-refractivity contribution is 6.07. The normalized spacial score (nSPS) is 23.3. The number of rotatable bonds is 5. The van der Waals surface area contributed by atoms with E-state index >= 15 is 0 Å². The molecule has 1 saturated heterocycles. The maximum Gasteiger partial charge on any atom is 0.237 e. The maximum atomic E-state index is 13.2. The lowest BCUT2D eigenvalue weighted by Gasteiger charge is -2.34. The molecule has 0 radical (unpaired) electrons. The fraction of sp³-hybridized carbons (Fsp3) is 0.500. The Hall–Kier alpha value is -2.63. The molecule has 1 spiro atoms. The number of fused-ring (bicyclic) bond motifs is 2. The van der Waals surface area contributed by atoms with E-state index in [1.807, 2.05) is 43.0 Å². The lowest BCUT2D eigenvalue weighted by Crippen LogP contribution is -2.48. The van der Waals surface area contributed by atoms with Crippen molar-refractivity contribution in [2.24, 2.45) is 0 Å². The van der Waals surface area contributed by atoms with Crippen LogP contribution in [0.15, 0.2) is 28.8 Å². The van der Waals surface area contributed by atoms with E-state index in [9.17, 15) is 9.59 Å². The number of aromatic nitrogens is 1. The van der Waals surface area contributed by atoms with Gasteiger partial charge >= 0.3 is 0 Å². The number of hydrogen-bond acceptors (Lipinski definition) is 4. The number of likely N-dealkylation sites (tertiary alicyclic amines) is 1. The predicted octanol–water partition coefficient (Wildman–Crippen LogP) is 3.52. The highest BCUT2D eigenvalue weighted by Gasteiger charge is 2.58. The van der Waals surface area contributed by atoms with Gasteiger partial charge in [0.05, 0.1) is 17.2 Å². The molecule has 1 aromatic carbocycles. The minimum atomic E-state index is -0.620. The van der Waals surface area contributed by atoms with Gasteiger partial charge in [-0.05, 0) is 44.7 Å². The first kappa shape index (κ1) is 18.7. The summed E-state index contributed by atoms with van der Waals surface area (Å²) in [5.74, 6) is 0.915. The number of aryl methyl sites for hydroxylation is 2. The molecule has 2 aliphatic rings. The number of carbonyl (C=O) groups excluding carboxylic acids is 2. The Bertz CT molecular complexity index is 900. The molecule has 3 heterocycles. The molecule has 6 heteroatoms. The van der Waals surface area contributed by atoms with Gasteiger partial charge in [-0.25, -0.2) is 0 Å². The molecule has 6 nitrogen and oxygen atoms in total. The fourth-order valence-corrected chi connectivity index (χ4v) is 5.01. The average Bonchev–Trinajstić information content (AvgIpc) is 3.31. The second-order valence-corrected chi connectivity index (χ2v) is 7.92. The van der Waals surface area contributed by atoms with Crippen molar-refractivity contribution in [1.29, 1.82) is 0 Å². The van der Waals surface area contributed by atoms with Gasteiger partial charge in [0.2, 0.25) is 11.8 Å². The minimum Gasteiger partial charge on any atom is -0.361 e. The predicted molar refractivity (Wildman–Crippen MR) is 106 cm³/mol. The molecule has 1 fully saturated rings. The monoisotopic (exact) mass is 381 g/mol. The van der Waals surface area contributed by atoms with Crippen LogP contribution >= 0.6 is 0 Å². The van der Waals surface area contributed by atoms with Crippen molar-refractivity contribution in [1.82, 2.24) is 10.1 Å². The summed E-state index contributed by atoms with van der Waals surface area (Å²) < 4.78 is 5.21. The average molecular weight is 381 g/mol. The number of amides is 2. The molecule has 148 valence electrons. The van der Waals surface area contributed by atoms with E-state index in [2.05, 4.69) is 17.4 Å². The summed E-state index contributed by atoms with van der Waals surface area (Å²) in [7, 11) is 0. The van der Waals surface area contributed by atoms with Crippen LogP contribution in [0, 0.1) is 13.8 Å². The SMILES string of the molecule is CCC[C@@H]1N(C(=O)CCc2c(C)noc2C)CC[C@@]12C(=O)Nc1ccccc12. The first-order chi connectivity index (χ1) is 13.5. The third-order valence-corrected chi connectivity index (χ3v) is 6.41. The van der Waals surface area contributed by atoms with Crippen LogP contribution in [-0.4, -0.2) is 34.5 Å². The number of hydrogen-bond donors (Lipinski definition) is 1. The molecule has 2 aliphatic heterocycles. The van der Waals surface area contributed by atoms with Gasteiger partial charge in [0, 0.05) is 24.2 Å². The van der Waals surface area contributed by atoms with Crippen molar-refractivity contribution in [3.63, 3.8) is 0 Å². The highest BCUT2D eigenvalue weighted by atomic mass is 16.5. The van der Waals surface area contributed by atoms with Gasteiger partial charge < -0.3 is 14.7 Å². The third kappa shape index (κ3) is 2.74. The van der Waals surface area contributed by atoms with Crippen molar-refractivity contribution in [3.8, 4) is 0 Å². The quantitative estimate of drug-likeness (QED) is 0.860. The molecular formula is C22H27N3O3. The van der Waals surface area contributed by atoms with Crippen molar-refractivity contribution in [2.75, 3.05) is 11.9 Å². The summed E-state index contributed by atoms with van der Waals surface area (Å²) in [5, 5.41) is 7.03. The Balaban J connectivity index is 1.59. The van der Waals surface area contributed by atoms with Crippen LogP contribution in [0.3, 0.4) is 0 Å². The third-order valence-electron chi connectivity index (χ3n) is 6.41. The van der Waals surface area contributed by atoms with Gasteiger partial charge in [-0.1, -0.05) is 36.7 Å². The first-order valence-electron chi connectivity index (χ1n) is 10.1. The van der Waals surface area contributed by atoms with Crippen LogP contribution in [0.2, 0.25) is 0 Å². The molecule has 0 saturated carbocycles. The van der Waals surface area contributed by atoms with E-state index in [1.54, 1.807) is 0 Å². The number of para-hydroxylation sites is 1. The van der Waals surface area contributed by atoms with Crippen molar-refractivity contribution >= 4 is 17.5 Å². The second-order valence-electron chi connectivity index (χ2n) is 7.92. The number of carbonyl (C=O) groups is 2. The van der Waals surface area contributed by atoms with Gasteiger partial charge in [0.15, 0.2) is 0 Å². The standard InChI is InChI=1S/C22H27N3O3/c1-4-7-19-22(17-8-5-6-9-18(17)23-21(22)27)12-13-25(19)20(26)11-10-16-14(2)24-28-15(16)3/h5-6,8-9,19H,4,7,10-13H2,1-3H3,(H,23,27)/t19-,22-/m0/s1. The van der Waals surface area contributed by atoms with Crippen molar-refractivity contribution < 1.29 is 14.1 Å². The second kappa shape index (κ2) is 7.08. The molecule has 0 bridgehead atoms. The Labute approximate surface area is 165 Å². The summed E-state index contributed by atoms with van der Waals surface area (Å²) in [6.07, 6.45) is 3.44. The summed E-state index contributed by atoms with van der Waals surface area (Å²) in [5.41, 5.74) is 3.17. The fourth-order valence-electron chi connectivity index (χ4n) is 5.01. The van der Waals surface area contributed by atoms with Crippen LogP contribution in [0.1, 0.15) is 55.2 Å². The molecule has 1 aromatic heterocycles. The summed E-state index contributed by atoms with van der Waals surface area (Å²) >= 11 is 0. The Kier molecular flexibility index (Phi) is 4.73. The van der Waals surface area contributed by atoms with Crippen LogP contribution in [0.4, 0.5) is 5.69 Å². The largest absolute Gasteiger partial charge is 0.361 e. The Morgan fingerprint density at radius 2 is 2.14 bits per heavy atom. The molecule has 2 aromatic rings. The van der Waals surface area contributed by atoms with Crippen molar-refractivity contribution in [2.45, 2.75) is 64.3 Å². The molecule has 0 unspecified atom stereocenters. The number of anilines is 1. The molecule has 2 atom stereocenters. The maximum absolute atomic E-state index is 13.2. The van der Waals surface area contributed by atoms with Crippen LogP contribution in [-0.2, 0) is 21.4 Å². The topological polar surface area (TPSA) is 75.4 Å². The number of benzene rings is 1. The number of nitrogens with one attached hydrogen (secondary N) is 1. The van der Waals surface area contributed by atoms with Gasteiger partial charge in [-0.15, -0.1) is 0 Å². The van der Waals surface area contributed by atoms with E-state index in [4.69, 9.17) is 4.52 Å². The van der Waals surface area contributed by atoms with E-state index in [0.29, 0.717) is 25.8 Å². The van der Waals surface area contributed by atoms with E-state index < -0.39 is 5.41 Å². The van der Waals surface area contributed by atoms with Gasteiger partial charge in [0.25, 0.3) is 0 Å². The van der Waals surface area contributed by atoms with Crippen LogP contribution in [0.25, 0.3) is 0 Å². The van der Waals surface area contributed by atoms with Gasteiger partial charge in [-0.2, -0.15) is 0 Å². The van der Waals surface area contributed by atoms with E-state index in [-0.39, 0.29) is 17.9 Å². The zero-order chi connectivity index (χ0) is 19.9. The van der Waals surface area contributed by atoms with Crippen LogP contribution < -0.4 is 5.32 Å². The molecule has 1 N–H and O–H groups in total. The van der Waals surface area contributed by atoms with Gasteiger partial charge in [-0.3, -0.25) is 9.59 Å².